The summed E-state index contributed by atoms with van der Waals surface area (Å²) in [5.74, 6) is 1.00. The first-order valence-corrected chi connectivity index (χ1v) is 15.0. The summed E-state index contributed by atoms with van der Waals surface area (Å²) < 4.78 is 16.5. The first-order valence-electron chi connectivity index (χ1n) is 15.0. The van der Waals surface area contributed by atoms with Gasteiger partial charge in [0.1, 0.15) is 6.04 Å². The molecule has 0 heterocycles. The zero-order chi connectivity index (χ0) is 31.3. The molecule has 2 amide bonds. The van der Waals surface area contributed by atoms with E-state index >= 15 is 0 Å². The fourth-order valence-electron chi connectivity index (χ4n) is 4.92. The molecule has 1 aromatic rings. The monoisotopic (exact) mass is 615 g/mol. The number of rotatable bonds is 19. The zero-order valence-electron chi connectivity index (χ0n) is 27.5. The van der Waals surface area contributed by atoms with Crippen molar-refractivity contribution in [2.24, 2.45) is 35.3 Å². The van der Waals surface area contributed by atoms with E-state index < -0.39 is 24.1 Å². The molecule has 0 spiro atoms. The fraction of sp³-hybridized carbons (Fsp3) is 0.750. The van der Waals surface area contributed by atoms with Gasteiger partial charge in [0, 0.05) is 46.2 Å². The van der Waals surface area contributed by atoms with Gasteiger partial charge < -0.3 is 35.3 Å². The Labute approximate surface area is 260 Å². The predicted molar refractivity (Wildman–Crippen MR) is 171 cm³/mol. The van der Waals surface area contributed by atoms with Crippen molar-refractivity contribution in [1.29, 1.82) is 0 Å². The first-order chi connectivity index (χ1) is 19.2. The molecule has 1 aromatic carbocycles. The van der Waals surface area contributed by atoms with Gasteiger partial charge in [0.15, 0.2) is 11.5 Å². The molecular formula is C32H58ClN3O6. The number of aliphatic hydroxyl groups excluding tert-OH is 1. The van der Waals surface area contributed by atoms with Crippen LogP contribution in [0.4, 0.5) is 0 Å². The van der Waals surface area contributed by atoms with Gasteiger partial charge in [0.25, 0.3) is 0 Å². The van der Waals surface area contributed by atoms with Crippen LogP contribution >= 0.6 is 12.4 Å². The summed E-state index contributed by atoms with van der Waals surface area (Å²) in [6, 6.07) is 4.86. The molecule has 1 rings (SSSR count). The smallest absolute Gasteiger partial charge is 0.244 e. The van der Waals surface area contributed by atoms with Crippen molar-refractivity contribution in [2.75, 3.05) is 41.5 Å². The van der Waals surface area contributed by atoms with Crippen LogP contribution in [-0.4, -0.2) is 81.5 Å². The summed E-state index contributed by atoms with van der Waals surface area (Å²) in [5, 5.41) is 14.1. The summed E-state index contributed by atoms with van der Waals surface area (Å²) in [6.07, 6.45) is 1.54. The van der Waals surface area contributed by atoms with Gasteiger partial charge in [-0.05, 0) is 60.6 Å². The van der Waals surface area contributed by atoms with E-state index in [2.05, 4.69) is 19.2 Å². The number of likely N-dealkylation sites (N-methyl/N-ethyl adjacent to an activating group) is 1. The van der Waals surface area contributed by atoms with Crippen LogP contribution in [0.25, 0.3) is 0 Å². The molecule has 4 N–H and O–H groups in total. The van der Waals surface area contributed by atoms with Gasteiger partial charge in [0.05, 0.1) is 19.8 Å². The average molecular weight is 616 g/mol. The molecule has 0 bridgehead atoms. The minimum Gasteiger partial charge on any atom is -0.493 e. The highest BCUT2D eigenvalue weighted by Crippen LogP contribution is 2.32. The van der Waals surface area contributed by atoms with Gasteiger partial charge in [-0.1, -0.05) is 47.6 Å². The highest BCUT2D eigenvalue weighted by atomic mass is 35.5. The maximum absolute atomic E-state index is 13.3. The number of nitrogens with one attached hydrogen (secondary N) is 1. The molecule has 5 atom stereocenters. The summed E-state index contributed by atoms with van der Waals surface area (Å²) in [6.45, 7) is 13.2. The van der Waals surface area contributed by atoms with Crippen LogP contribution in [0.3, 0.4) is 0 Å². The lowest BCUT2D eigenvalue weighted by Gasteiger charge is -2.31. The molecule has 0 aromatic heterocycles. The van der Waals surface area contributed by atoms with Crippen LogP contribution in [0.5, 0.6) is 11.5 Å². The zero-order valence-corrected chi connectivity index (χ0v) is 28.3. The second-order valence-corrected chi connectivity index (χ2v) is 12.4. The Morgan fingerprint density at radius 2 is 1.60 bits per heavy atom. The number of hydrogen-bond acceptors (Lipinski definition) is 7. The van der Waals surface area contributed by atoms with Crippen molar-refractivity contribution in [3.8, 4) is 11.5 Å². The van der Waals surface area contributed by atoms with Crippen LogP contribution in [0.2, 0.25) is 0 Å². The average Bonchev–Trinajstić information content (AvgIpc) is 2.91. The van der Waals surface area contributed by atoms with Crippen molar-refractivity contribution in [2.45, 2.75) is 85.4 Å². The number of benzene rings is 1. The Morgan fingerprint density at radius 1 is 0.952 bits per heavy atom. The van der Waals surface area contributed by atoms with Crippen molar-refractivity contribution in [3.63, 3.8) is 0 Å². The highest BCUT2D eigenvalue weighted by Gasteiger charge is 2.33. The van der Waals surface area contributed by atoms with Crippen LogP contribution < -0.4 is 20.5 Å². The number of nitrogens with two attached hydrogens (primary N) is 1. The molecule has 42 heavy (non-hydrogen) atoms. The Hall–Kier alpha value is -2.07. The largest absolute Gasteiger partial charge is 0.493 e. The number of halogens is 1. The first kappa shape index (κ1) is 39.9. The topological polar surface area (TPSA) is 123 Å². The van der Waals surface area contributed by atoms with Gasteiger partial charge in [-0.3, -0.25) is 9.59 Å². The number of carbonyl (C=O) groups is 2. The number of ether oxygens (including phenoxy) is 3. The van der Waals surface area contributed by atoms with Crippen LogP contribution in [0.15, 0.2) is 18.2 Å². The molecule has 0 radical (unpaired) electrons. The Kier molecular flexibility index (Phi) is 19.0. The molecule has 244 valence electrons. The van der Waals surface area contributed by atoms with E-state index in [1.165, 1.54) is 4.90 Å². The molecule has 10 heteroatoms. The number of nitrogens with zero attached hydrogens (tertiary/aromatic N) is 1. The van der Waals surface area contributed by atoms with Gasteiger partial charge >= 0.3 is 0 Å². The second kappa shape index (κ2) is 20.0. The summed E-state index contributed by atoms with van der Waals surface area (Å²) in [4.78, 5) is 27.4. The van der Waals surface area contributed by atoms with Crippen LogP contribution in [0, 0.1) is 29.6 Å². The second-order valence-electron chi connectivity index (χ2n) is 12.4. The third kappa shape index (κ3) is 13.1. The third-order valence-corrected chi connectivity index (χ3v) is 7.80. The maximum atomic E-state index is 13.3. The van der Waals surface area contributed by atoms with E-state index in [0.29, 0.717) is 37.1 Å². The minimum atomic E-state index is -0.855. The molecule has 0 saturated heterocycles. The van der Waals surface area contributed by atoms with E-state index in [1.54, 1.807) is 28.3 Å². The molecular weight excluding hydrogens is 558 g/mol. The molecule has 0 aliphatic carbocycles. The van der Waals surface area contributed by atoms with Crippen LogP contribution in [-0.2, 0) is 20.7 Å². The van der Waals surface area contributed by atoms with E-state index in [4.69, 9.17) is 19.9 Å². The molecule has 9 nitrogen and oxygen atoms in total. The molecule has 0 unspecified atom stereocenters. The quantitative estimate of drug-likeness (QED) is 0.198. The number of carbonyl (C=O) groups excluding carboxylic acids is 2. The summed E-state index contributed by atoms with van der Waals surface area (Å²) >= 11 is 0. The SMILES string of the molecule is COCCCOc1cc(C[C@@H](C[C@H](N)[C@@H](O)C[C@H](C(=O)N[C@H](C(=O)N(C)C)C(C)C)C(C)C)C(C)C)ccc1OC.Cl. The molecule has 0 fully saturated rings. The lowest BCUT2D eigenvalue weighted by atomic mass is 9.80. The Bertz CT molecular complexity index is 928. The van der Waals surface area contributed by atoms with Gasteiger partial charge in [-0.25, -0.2) is 0 Å². The number of methoxy groups -OCH3 is 2. The normalized spacial score (nSPS) is 15.0. The number of amides is 2. The fourth-order valence-corrected chi connectivity index (χ4v) is 4.92. The van der Waals surface area contributed by atoms with Gasteiger partial charge in [-0.2, -0.15) is 0 Å². The molecule has 0 saturated carbocycles. The molecule has 0 aliphatic heterocycles. The van der Waals surface area contributed by atoms with Crippen molar-refractivity contribution in [1.82, 2.24) is 10.2 Å². The lowest BCUT2D eigenvalue weighted by molar-refractivity contribution is -0.137. The van der Waals surface area contributed by atoms with E-state index in [1.807, 2.05) is 45.9 Å². The van der Waals surface area contributed by atoms with Gasteiger partial charge in [0.2, 0.25) is 11.8 Å². The van der Waals surface area contributed by atoms with Crippen molar-refractivity contribution < 1.29 is 28.9 Å². The van der Waals surface area contributed by atoms with Crippen molar-refractivity contribution >= 4 is 24.2 Å². The van der Waals surface area contributed by atoms with Gasteiger partial charge in [-0.15, -0.1) is 12.4 Å². The standard InChI is InChI=1S/C32H57N3O6.ClH/c1-20(2)24(16-23-12-13-28(40-10)29(17-23)41-15-11-14-39-9)18-26(33)27(36)19-25(21(3)4)31(37)34-30(22(5)6)32(38)35(7)8;/h12-13,17,20-22,24-27,30,36H,11,14-16,18-19,33H2,1-10H3,(H,34,37);1H/t24-,25-,26-,27-,30-;/m0./s1. The predicted octanol–water partition coefficient (Wildman–Crippen LogP) is 4.32. The molecule has 0 aliphatic rings. The summed E-state index contributed by atoms with van der Waals surface area (Å²) in [5.41, 5.74) is 7.68. The third-order valence-electron chi connectivity index (χ3n) is 7.80. The number of aliphatic hydroxyl groups is 1. The van der Waals surface area contributed by atoms with E-state index in [-0.39, 0.29) is 48.4 Å². The summed E-state index contributed by atoms with van der Waals surface area (Å²) in [7, 11) is 6.66. The van der Waals surface area contributed by atoms with Crippen LogP contribution in [0.1, 0.15) is 66.4 Å². The Balaban J connectivity index is 0.0000168. The highest BCUT2D eigenvalue weighted by molar-refractivity contribution is 5.88. The maximum Gasteiger partial charge on any atom is 0.244 e. The van der Waals surface area contributed by atoms with Crippen molar-refractivity contribution in [3.05, 3.63) is 23.8 Å². The lowest BCUT2D eigenvalue weighted by Crippen LogP contribution is -2.52. The van der Waals surface area contributed by atoms with E-state index in [0.717, 1.165) is 18.4 Å². The minimum absolute atomic E-state index is 0. The number of hydrogen-bond donors (Lipinski definition) is 3. The Morgan fingerprint density at radius 3 is 2.10 bits per heavy atom. The van der Waals surface area contributed by atoms with E-state index in [9.17, 15) is 14.7 Å².